The van der Waals surface area contributed by atoms with Crippen LogP contribution in [0.2, 0.25) is 0 Å². The van der Waals surface area contributed by atoms with Crippen LogP contribution in [-0.4, -0.2) is 28.8 Å². The number of nitrogens with one attached hydrogen (secondary N) is 1. The first-order valence-electron chi connectivity index (χ1n) is 7.92. The minimum Gasteiger partial charge on any atom is -0.492 e. The third kappa shape index (κ3) is 4.03. The van der Waals surface area contributed by atoms with Crippen molar-refractivity contribution in [3.8, 4) is 11.4 Å². The minimum atomic E-state index is -0.313. The average Bonchev–Trinajstić information content (AvgIpc) is 3.02. The number of benzene rings is 2. The molecule has 0 saturated carbocycles. The fraction of sp³-hybridized carbons (Fsp3) is 0.158. The molecule has 0 radical (unpaired) electrons. The molecule has 0 aliphatic rings. The summed E-state index contributed by atoms with van der Waals surface area (Å²) in [7, 11) is 0. The van der Waals surface area contributed by atoms with E-state index < -0.39 is 0 Å². The molecule has 3 rings (SSSR count). The maximum absolute atomic E-state index is 12.8. The molecule has 1 heterocycles. The molecule has 0 bridgehead atoms. The van der Waals surface area contributed by atoms with Crippen molar-refractivity contribution in [2.45, 2.75) is 6.92 Å². The summed E-state index contributed by atoms with van der Waals surface area (Å²) in [6.45, 7) is 2.49. The number of aromatic nitrogens is 2. The molecular formula is C19H18FN3O2. The van der Waals surface area contributed by atoms with E-state index in [0.717, 1.165) is 11.4 Å². The summed E-state index contributed by atoms with van der Waals surface area (Å²) in [5, 5.41) is 7.08. The smallest absolute Gasteiger partial charge is 0.254 e. The number of carbonyl (C=O) groups is 1. The second-order valence-corrected chi connectivity index (χ2v) is 5.45. The molecule has 128 valence electrons. The van der Waals surface area contributed by atoms with Crippen LogP contribution in [0.3, 0.4) is 0 Å². The van der Waals surface area contributed by atoms with Crippen LogP contribution in [0.25, 0.3) is 5.69 Å². The summed E-state index contributed by atoms with van der Waals surface area (Å²) < 4.78 is 20.0. The molecule has 2 aromatic carbocycles. The lowest BCUT2D eigenvalue weighted by Gasteiger charge is -2.08. The van der Waals surface area contributed by atoms with Gasteiger partial charge in [-0.15, -0.1) is 0 Å². The van der Waals surface area contributed by atoms with Crippen molar-refractivity contribution in [3.63, 3.8) is 0 Å². The van der Waals surface area contributed by atoms with Crippen molar-refractivity contribution in [2.24, 2.45) is 0 Å². The van der Waals surface area contributed by atoms with Gasteiger partial charge in [-0.05, 0) is 43.3 Å². The molecule has 0 fully saturated rings. The van der Waals surface area contributed by atoms with Gasteiger partial charge >= 0.3 is 0 Å². The highest BCUT2D eigenvalue weighted by Gasteiger charge is 2.14. The van der Waals surface area contributed by atoms with Crippen molar-refractivity contribution in [1.29, 1.82) is 0 Å². The van der Waals surface area contributed by atoms with Crippen LogP contribution in [0, 0.1) is 12.7 Å². The zero-order chi connectivity index (χ0) is 17.6. The van der Waals surface area contributed by atoms with Crippen molar-refractivity contribution in [3.05, 3.63) is 77.9 Å². The first-order chi connectivity index (χ1) is 12.1. The number of amides is 1. The van der Waals surface area contributed by atoms with E-state index in [2.05, 4.69) is 10.4 Å². The van der Waals surface area contributed by atoms with Gasteiger partial charge < -0.3 is 10.1 Å². The zero-order valence-electron chi connectivity index (χ0n) is 13.8. The van der Waals surface area contributed by atoms with E-state index in [9.17, 15) is 9.18 Å². The fourth-order valence-electron chi connectivity index (χ4n) is 2.42. The van der Waals surface area contributed by atoms with Gasteiger partial charge in [-0.1, -0.05) is 18.2 Å². The van der Waals surface area contributed by atoms with Crippen molar-refractivity contribution >= 4 is 5.91 Å². The third-order valence-corrected chi connectivity index (χ3v) is 3.73. The molecule has 0 atom stereocenters. The molecule has 0 aliphatic heterocycles. The monoisotopic (exact) mass is 339 g/mol. The van der Waals surface area contributed by atoms with Gasteiger partial charge in [-0.3, -0.25) is 4.79 Å². The topological polar surface area (TPSA) is 56.1 Å². The number of hydrogen-bond acceptors (Lipinski definition) is 3. The Labute approximate surface area is 145 Å². The second kappa shape index (κ2) is 7.61. The number of rotatable bonds is 6. The summed E-state index contributed by atoms with van der Waals surface area (Å²) in [4.78, 5) is 12.3. The molecular weight excluding hydrogens is 321 g/mol. The highest BCUT2D eigenvalue weighted by molar-refractivity contribution is 5.95. The quantitative estimate of drug-likeness (QED) is 0.702. The molecule has 0 saturated heterocycles. The first kappa shape index (κ1) is 16.7. The maximum Gasteiger partial charge on any atom is 0.254 e. The van der Waals surface area contributed by atoms with Gasteiger partial charge in [0.15, 0.2) is 0 Å². The Kier molecular flexibility index (Phi) is 5.09. The summed E-state index contributed by atoms with van der Waals surface area (Å²) in [5.74, 6) is 0.0395. The molecule has 5 nitrogen and oxygen atoms in total. The molecule has 1 aromatic heterocycles. The summed E-state index contributed by atoms with van der Waals surface area (Å²) >= 11 is 0. The van der Waals surface area contributed by atoms with Gasteiger partial charge in [0.25, 0.3) is 5.91 Å². The molecule has 3 aromatic rings. The normalized spacial score (nSPS) is 10.5. The lowest BCUT2D eigenvalue weighted by atomic mass is 10.2. The predicted octanol–water partition coefficient (Wildman–Crippen LogP) is 3.13. The Morgan fingerprint density at radius 3 is 2.60 bits per heavy atom. The van der Waals surface area contributed by atoms with E-state index in [1.165, 1.54) is 12.1 Å². The van der Waals surface area contributed by atoms with Crippen molar-refractivity contribution in [1.82, 2.24) is 15.1 Å². The van der Waals surface area contributed by atoms with Gasteiger partial charge in [0.2, 0.25) is 0 Å². The minimum absolute atomic E-state index is 0.206. The molecule has 0 unspecified atom stereocenters. The van der Waals surface area contributed by atoms with Crippen LogP contribution in [0.5, 0.6) is 5.75 Å². The largest absolute Gasteiger partial charge is 0.492 e. The highest BCUT2D eigenvalue weighted by Crippen LogP contribution is 2.14. The second-order valence-electron chi connectivity index (χ2n) is 5.45. The van der Waals surface area contributed by atoms with E-state index in [1.54, 1.807) is 23.0 Å². The molecule has 6 heteroatoms. The predicted molar refractivity (Wildman–Crippen MR) is 92.5 cm³/mol. The number of ether oxygens (including phenoxy) is 1. The lowest BCUT2D eigenvalue weighted by Crippen LogP contribution is -2.28. The van der Waals surface area contributed by atoms with E-state index in [-0.39, 0.29) is 11.7 Å². The van der Waals surface area contributed by atoms with Crippen LogP contribution in [0.1, 0.15) is 16.1 Å². The fourth-order valence-corrected chi connectivity index (χ4v) is 2.42. The first-order valence-corrected chi connectivity index (χ1v) is 7.92. The molecule has 1 amide bonds. The van der Waals surface area contributed by atoms with Crippen LogP contribution >= 0.6 is 0 Å². The standard InChI is InChI=1S/C19H18FN3O2/c1-14-18(13-22-23(14)16-5-3-2-4-6-16)19(24)21-11-12-25-17-9-7-15(20)8-10-17/h2-10,13H,11-12H2,1H3,(H,21,24). The van der Waals surface area contributed by atoms with Crippen LogP contribution in [0.4, 0.5) is 4.39 Å². The van der Waals surface area contributed by atoms with Crippen LogP contribution < -0.4 is 10.1 Å². The summed E-state index contributed by atoms with van der Waals surface area (Å²) in [6.07, 6.45) is 1.55. The Morgan fingerprint density at radius 1 is 1.16 bits per heavy atom. The Balaban J connectivity index is 1.55. The van der Waals surface area contributed by atoms with Crippen molar-refractivity contribution in [2.75, 3.05) is 13.2 Å². The van der Waals surface area contributed by atoms with Gasteiger partial charge in [0.05, 0.1) is 29.7 Å². The molecule has 0 aliphatic carbocycles. The number of nitrogens with zero attached hydrogens (tertiary/aromatic N) is 2. The van der Waals surface area contributed by atoms with E-state index in [1.807, 2.05) is 37.3 Å². The number of hydrogen-bond donors (Lipinski definition) is 1. The lowest BCUT2D eigenvalue weighted by molar-refractivity contribution is 0.0946. The number of carbonyl (C=O) groups excluding carboxylic acids is 1. The maximum atomic E-state index is 12.8. The SMILES string of the molecule is Cc1c(C(=O)NCCOc2ccc(F)cc2)cnn1-c1ccccc1. The molecule has 0 spiro atoms. The van der Waals surface area contributed by atoms with Crippen molar-refractivity contribution < 1.29 is 13.9 Å². The molecule has 1 N–H and O–H groups in total. The van der Waals surface area contributed by atoms with Crippen LogP contribution in [0.15, 0.2) is 60.8 Å². The number of para-hydroxylation sites is 1. The zero-order valence-corrected chi connectivity index (χ0v) is 13.8. The Bertz CT molecular complexity index is 845. The van der Waals surface area contributed by atoms with E-state index in [4.69, 9.17) is 4.74 Å². The molecule has 25 heavy (non-hydrogen) atoms. The Morgan fingerprint density at radius 2 is 1.88 bits per heavy atom. The summed E-state index contributed by atoms with van der Waals surface area (Å²) in [5.41, 5.74) is 2.19. The van der Waals surface area contributed by atoms with E-state index >= 15 is 0 Å². The third-order valence-electron chi connectivity index (χ3n) is 3.73. The van der Waals surface area contributed by atoms with E-state index in [0.29, 0.717) is 24.5 Å². The van der Waals surface area contributed by atoms with Gasteiger partial charge in [-0.2, -0.15) is 5.10 Å². The van der Waals surface area contributed by atoms with Gasteiger partial charge in [0.1, 0.15) is 18.2 Å². The highest BCUT2D eigenvalue weighted by atomic mass is 19.1. The Hall–Kier alpha value is -3.15. The average molecular weight is 339 g/mol. The van der Waals surface area contributed by atoms with Crippen LogP contribution in [-0.2, 0) is 0 Å². The summed E-state index contributed by atoms with van der Waals surface area (Å²) in [6, 6.07) is 15.4. The number of halogens is 1. The van der Waals surface area contributed by atoms with Gasteiger partial charge in [0, 0.05) is 0 Å². The van der Waals surface area contributed by atoms with Gasteiger partial charge in [-0.25, -0.2) is 9.07 Å².